The van der Waals surface area contributed by atoms with Gasteiger partial charge in [-0.2, -0.15) is 0 Å². The number of halogens is 3. The Morgan fingerprint density at radius 3 is 2.41 bits per heavy atom. The number of hydrogen-bond donors (Lipinski definition) is 1. The molecule has 0 fully saturated rings. The Morgan fingerprint density at radius 2 is 1.76 bits per heavy atom. The van der Waals surface area contributed by atoms with Crippen molar-refractivity contribution >= 4 is 23.2 Å². The van der Waals surface area contributed by atoms with E-state index in [1.165, 1.54) is 6.07 Å². The maximum absolute atomic E-state index is 13.7. The van der Waals surface area contributed by atoms with Crippen molar-refractivity contribution in [2.24, 2.45) is 5.73 Å². The molecule has 4 heteroatoms. The lowest BCUT2D eigenvalue weighted by molar-refractivity contribution is 0.630. The van der Waals surface area contributed by atoms with Crippen molar-refractivity contribution < 1.29 is 4.39 Å². The summed E-state index contributed by atoms with van der Waals surface area (Å²) in [5, 5.41) is 0.944. The molecular formula is C13H10Cl2FN. The molecule has 1 nitrogen and oxygen atoms in total. The standard InChI is InChI=1S/C13H10Cl2FN/c14-9-2-3-10(12(15)6-9)11-5-8(7-17)1-4-13(11)16/h1-6H,7,17H2. The van der Waals surface area contributed by atoms with Crippen molar-refractivity contribution in [3.63, 3.8) is 0 Å². The number of hydrogen-bond acceptors (Lipinski definition) is 1. The zero-order valence-corrected chi connectivity index (χ0v) is 10.4. The van der Waals surface area contributed by atoms with E-state index in [9.17, 15) is 4.39 Å². The highest BCUT2D eigenvalue weighted by Gasteiger charge is 2.10. The van der Waals surface area contributed by atoms with Gasteiger partial charge in [-0.25, -0.2) is 4.39 Å². The summed E-state index contributed by atoms with van der Waals surface area (Å²) < 4.78 is 13.7. The average Bonchev–Trinajstić information content (AvgIpc) is 2.30. The fraction of sp³-hybridized carbons (Fsp3) is 0.0769. The van der Waals surface area contributed by atoms with Crippen LogP contribution in [0.4, 0.5) is 4.39 Å². The monoisotopic (exact) mass is 269 g/mol. The van der Waals surface area contributed by atoms with Crippen molar-refractivity contribution in [3.05, 3.63) is 57.8 Å². The fourth-order valence-corrected chi connectivity index (χ4v) is 2.12. The number of rotatable bonds is 2. The minimum absolute atomic E-state index is 0.327. The van der Waals surface area contributed by atoms with E-state index < -0.39 is 0 Å². The van der Waals surface area contributed by atoms with Crippen LogP contribution < -0.4 is 5.73 Å². The third-order valence-corrected chi connectivity index (χ3v) is 3.04. The van der Waals surface area contributed by atoms with Gasteiger partial charge in [0.05, 0.1) is 0 Å². The van der Waals surface area contributed by atoms with E-state index in [1.54, 1.807) is 30.3 Å². The molecule has 2 rings (SSSR count). The van der Waals surface area contributed by atoms with Crippen LogP contribution in [0.1, 0.15) is 5.56 Å². The Balaban J connectivity index is 2.59. The predicted octanol–water partition coefficient (Wildman–Crippen LogP) is 4.26. The van der Waals surface area contributed by atoms with Crippen molar-refractivity contribution in [1.82, 2.24) is 0 Å². The van der Waals surface area contributed by atoms with E-state index >= 15 is 0 Å². The lowest BCUT2D eigenvalue weighted by Crippen LogP contribution is -1.97. The zero-order valence-electron chi connectivity index (χ0n) is 8.88. The highest BCUT2D eigenvalue weighted by molar-refractivity contribution is 6.36. The Kier molecular flexibility index (Phi) is 3.67. The Morgan fingerprint density at radius 1 is 1.00 bits per heavy atom. The molecule has 2 aromatic rings. The molecule has 0 saturated carbocycles. The first-order valence-corrected chi connectivity index (χ1v) is 5.81. The third kappa shape index (κ3) is 2.60. The first kappa shape index (κ1) is 12.4. The van der Waals surface area contributed by atoms with Crippen LogP contribution in [-0.2, 0) is 6.54 Å². The average molecular weight is 270 g/mol. The summed E-state index contributed by atoms with van der Waals surface area (Å²) in [7, 11) is 0. The van der Waals surface area contributed by atoms with E-state index in [2.05, 4.69) is 0 Å². The minimum Gasteiger partial charge on any atom is -0.326 e. The first-order valence-electron chi connectivity index (χ1n) is 5.05. The molecule has 0 amide bonds. The Hall–Kier alpha value is -1.09. The van der Waals surface area contributed by atoms with Gasteiger partial charge in [-0.3, -0.25) is 0 Å². The van der Waals surface area contributed by atoms with Crippen LogP contribution in [-0.4, -0.2) is 0 Å². The van der Waals surface area contributed by atoms with E-state index in [-0.39, 0.29) is 5.82 Å². The first-order chi connectivity index (χ1) is 8.11. The summed E-state index contributed by atoms with van der Waals surface area (Å²) in [6.07, 6.45) is 0. The van der Waals surface area contributed by atoms with Crippen LogP contribution in [0.2, 0.25) is 10.0 Å². The minimum atomic E-state index is -0.327. The molecule has 0 aliphatic rings. The molecule has 0 bridgehead atoms. The van der Waals surface area contributed by atoms with Gasteiger partial charge in [-0.15, -0.1) is 0 Å². The molecule has 17 heavy (non-hydrogen) atoms. The lowest BCUT2D eigenvalue weighted by Gasteiger charge is -2.08. The van der Waals surface area contributed by atoms with Crippen LogP contribution in [0.3, 0.4) is 0 Å². The molecule has 2 aromatic carbocycles. The molecule has 0 unspecified atom stereocenters. The molecule has 0 radical (unpaired) electrons. The van der Waals surface area contributed by atoms with Crippen molar-refractivity contribution in [2.75, 3.05) is 0 Å². The highest BCUT2D eigenvalue weighted by Crippen LogP contribution is 2.32. The molecule has 0 saturated heterocycles. The van der Waals surface area contributed by atoms with Gasteiger partial charge >= 0.3 is 0 Å². The largest absolute Gasteiger partial charge is 0.326 e. The normalized spacial score (nSPS) is 10.6. The second-order valence-corrected chi connectivity index (χ2v) is 4.49. The summed E-state index contributed by atoms with van der Waals surface area (Å²) in [5.74, 6) is -0.327. The van der Waals surface area contributed by atoms with Crippen LogP contribution in [0.5, 0.6) is 0 Å². The summed E-state index contributed by atoms with van der Waals surface area (Å²) in [5.41, 5.74) is 7.44. The lowest BCUT2D eigenvalue weighted by atomic mass is 10.0. The van der Waals surface area contributed by atoms with Crippen LogP contribution in [0.25, 0.3) is 11.1 Å². The second kappa shape index (κ2) is 5.05. The van der Waals surface area contributed by atoms with Crippen molar-refractivity contribution in [2.45, 2.75) is 6.54 Å². The maximum Gasteiger partial charge on any atom is 0.131 e. The van der Waals surface area contributed by atoms with E-state index in [4.69, 9.17) is 28.9 Å². The topological polar surface area (TPSA) is 26.0 Å². The van der Waals surface area contributed by atoms with E-state index in [1.807, 2.05) is 0 Å². The molecule has 88 valence electrons. The maximum atomic E-state index is 13.7. The van der Waals surface area contributed by atoms with Crippen LogP contribution >= 0.6 is 23.2 Å². The van der Waals surface area contributed by atoms with Crippen LogP contribution in [0.15, 0.2) is 36.4 Å². The van der Waals surface area contributed by atoms with Gasteiger partial charge in [-0.05, 0) is 29.8 Å². The Labute approximate surface area is 109 Å². The smallest absolute Gasteiger partial charge is 0.131 e. The molecule has 2 N–H and O–H groups in total. The summed E-state index contributed by atoms with van der Waals surface area (Å²) in [4.78, 5) is 0. The molecule has 0 spiro atoms. The molecular weight excluding hydrogens is 260 g/mol. The highest BCUT2D eigenvalue weighted by atomic mass is 35.5. The number of benzene rings is 2. The van der Waals surface area contributed by atoms with Gasteiger partial charge in [0.25, 0.3) is 0 Å². The molecule has 0 atom stereocenters. The van der Waals surface area contributed by atoms with Gasteiger partial charge in [0.15, 0.2) is 0 Å². The summed E-state index contributed by atoms with van der Waals surface area (Å²) in [6, 6.07) is 9.71. The van der Waals surface area contributed by atoms with Crippen molar-refractivity contribution in [3.8, 4) is 11.1 Å². The fourth-order valence-electron chi connectivity index (χ4n) is 1.61. The van der Waals surface area contributed by atoms with Crippen LogP contribution in [0, 0.1) is 5.82 Å². The van der Waals surface area contributed by atoms with Crippen molar-refractivity contribution in [1.29, 1.82) is 0 Å². The number of nitrogens with two attached hydrogens (primary N) is 1. The molecule has 0 aromatic heterocycles. The van der Waals surface area contributed by atoms with Gasteiger partial charge in [0, 0.05) is 27.7 Å². The summed E-state index contributed by atoms with van der Waals surface area (Å²) in [6.45, 7) is 0.360. The van der Waals surface area contributed by atoms with Gasteiger partial charge < -0.3 is 5.73 Å². The zero-order chi connectivity index (χ0) is 12.4. The van der Waals surface area contributed by atoms with Gasteiger partial charge in [0.2, 0.25) is 0 Å². The van der Waals surface area contributed by atoms with E-state index in [0.29, 0.717) is 27.7 Å². The molecule has 0 aliphatic heterocycles. The van der Waals surface area contributed by atoms with Gasteiger partial charge in [-0.1, -0.05) is 35.3 Å². The molecule has 0 aliphatic carbocycles. The SMILES string of the molecule is NCc1ccc(F)c(-c2ccc(Cl)cc2Cl)c1. The predicted molar refractivity (Wildman–Crippen MR) is 69.7 cm³/mol. The van der Waals surface area contributed by atoms with Gasteiger partial charge in [0.1, 0.15) is 5.82 Å². The quantitative estimate of drug-likeness (QED) is 0.866. The molecule has 0 heterocycles. The van der Waals surface area contributed by atoms with E-state index in [0.717, 1.165) is 5.56 Å². The second-order valence-electron chi connectivity index (χ2n) is 3.64. The summed E-state index contributed by atoms with van der Waals surface area (Å²) >= 11 is 11.9. The third-order valence-electron chi connectivity index (χ3n) is 2.49. The Bertz CT molecular complexity index is 555.